The zero-order valence-electron chi connectivity index (χ0n) is 12.0. The maximum atomic E-state index is 11.8. The van der Waals surface area contributed by atoms with E-state index >= 15 is 0 Å². The summed E-state index contributed by atoms with van der Waals surface area (Å²) in [6.45, 7) is 1.43. The second-order valence-corrected chi connectivity index (χ2v) is 4.52. The van der Waals surface area contributed by atoms with Gasteiger partial charge in [0.1, 0.15) is 5.75 Å². The van der Waals surface area contributed by atoms with Crippen molar-refractivity contribution >= 4 is 5.91 Å². The van der Waals surface area contributed by atoms with Crippen molar-refractivity contribution in [3.8, 4) is 17.2 Å². The van der Waals surface area contributed by atoms with Gasteiger partial charge in [0.15, 0.2) is 11.5 Å². The standard InChI is InChI=1S/C14H20N2O4/c1-18-11-8-13(20-3)12(19-2)7-9(11)6-10-14(17)16-5-4-15-10/h7-8,10,15H,4-6H2,1-3H3,(H,16,17). The summed E-state index contributed by atoms with van der Waals surface area (Å²) in [4.78, 5) is 11.8. The molecule has 0 aliphatic carbocycles. The minimum atomic E-state index is -0.254. The van der Waals surface area contributed by atoms with Crippen LogP contribution < -0.4 is 24.8 Å². The number of amides is 1. The van der Waals surface area contributed by atoms with Gasteiger partial charge in [-0.3, -0.25) is 4.79 Å². The van der Waals surface area contributed by atoms with Gasteiger partial charge in [0.2, 0.25) is 5.91 Å². The van der Waals surface area contributed by atoms with E-state index in [9.17, 15) is 4.79 Å². The molecular formula is C14H20N2O4. The maximum Gasteiger partial charge on any atom is 0.237 e. The third kappa shape index (κ3) is 2.96. The fraction of sp³-hybridized carbons (Fsp3) is 0.500. The first kappa shape index (κ1) is 14.5. The van der Waals surface area contributed by atoms with Crippen LogP contribution in [0.1, 0.15) is 5.56 Å². The average Bonchev–Trinajstić information content (AvgIpc) is 2.49. The Kier molecular flexibility index (Phi) is 4.68. The van der Waals surface area contributed by atoms with E-state index in [1.807, 2.05) is 6.07 Å². The highest BCUT2D eigenvalue weighted by molar-refractivity contribution is 5.83. The van der Waals surface area contributed by atoms with Crippen molar-refractivity contribution in [2.45, 2.75) is 12.5 Å². The molecule has 0 radical (unpaired) electrons. The van der Waals surface area contributed by atoms with Crippen molar-refractivity contribution < 1.29 is 19.0 Å². The van der Waals surface area contributed by atoms with Crippen LogP contribution in [0.5, 0.6) is 17.2 Å². The number of benzene rings is 1. The van der Waals surface area contributed by atoms with Crippen LogP contribution in [0.4, 0.5) is 0 Å². The van der Waals surface area contributed by atoms with Crippen molar-refractivity contribution in [3.05, 3.63) is 17.7 Å². The quantitative estimate of drug-likeness (QED) is 0.814. The minimum Gasteiger partial charge on any atom is -0.496 e. The Morgan fingerprint density at radius 3 is 2.30 bits per heavy atom. The summed E-state index contributed by atoms with van der Waals surface area (Å²) in [5, 5.41) is 6.04. The van der Waals surface area contributed by atoms with Crippen molar-refractivity contribution in [2.24, 2.45) is 0 Å². The van der Waals surface area contributed by atoms with Crippen LogP contribution in [-0.4, -0.2) is 46.4 Å². The van der Waals surface area contributed by atoms with E-state index in [1.54, 1.807) is 27.4 Å². The third-order valence-electron chi connectivity index (χ3n) is 3.34. The fourth-order valence-corrected chi connectivity index (χ4v) is 2.28. The van der Waals surface area contributed by atoms with E-state index in [2.05, 4.69) is 10.6 Å². The molecule has 1 unspecified atom stereocenters. The Balaban J connectivity index is 2.27. The van der Waals surface area contributed by atoms with Crippen LogP contribution in [0, 0.1) is 0 Å². The number of rotatable bonds is 5. The molecule has 1 atom stereocenters. The second kappa shape index (κ2) is 6.47. The number of carbonyl (C=O) groups is 1. The van der Waals surface area contributed by atoms with E-state index in [0.717, 1.165) is 12.1 Å². The van der Waals surface area contributed by atoms with E-state index in [1.165, 1.54) is 0 Å². The molecule has 1 aromatic rings. The van der Waals surface area contributed by atoms with Crippen molar-refractivity contribution in [1.29, 1.82) is 0 Å². The molecule has 0 spiro atoms. The zero-order chi connectivity index (χ0) is 14.5. The molecule has 1 heterocycles. The minimum absolute atomic E-state index is 0.00749. The van der Waals surface area contributed by atoms with Gasteiger partial charge in [0, 0.05) is 31.1 Å². The molecule has 6 heteroatoms. The Morgan fingerprint density at radius 2 is 1.70 bits per heavy atom. The first-order valence-corrected chi connectivity index (χ1v) is 6.49. The van der Waals surface area contributed by atoms with E-state index < -0.39 is 0 Å². The van der Waals surface area contributed by atoms with Crippen LogP contribution in [0.3, 0.4) is 0 Å². The molecular weight excluding hydrogens is 260 g/mol. The average molecular weight is 280 g/mol. The lowest BCUT2D eigenvalue weighted by Gasteiger charge is -2.24. The zero-order valence-corrected chi connectivity index (χ0v) is 12.0. The summed E-state index contributed by atoms with van der Waals surface area (Å²) in [6.07, 6.45) is 0.537. The number of methoxy groups -OCH3 is 3. The predicted octanol–water partition coefficient (Wildman–Crippen LogP) is 0.343. The van der Waals surface area contributed by atoms with Crippen LogP contribution in [0.15, 0.2) is 12.1 Å². The topological polar surface area (TPSA) is 68.8 Å². The molecule has 2 N–H and O–H groups in total. The smallest absolute Gasteiger partial charge is 0.237 e. The molecule has 0 saturated carbocycles. The lowest BCUT2D eigenvalue weighted by atomic mass is 10.0. The molecule has 1 fully saturated rings. The van der Waals surface area contributed by atoms with Gasteiger partial charge in [-0.15, -0.1) is 0 Å². The molecule has 110 valence electrons. The van der Waals surface area contributed by atoms with E-state index in [0.29, 0.717) is 30.2 Å². The van der Waals surface area contributed by atoms with Crippen LogP contribution in [0.2, 0.25) is 0 Å². The van der Waals surface area contributed by atoms with Crippen molar-refractivity contribution in [2.75, 3.05) is 34.4 Å². The summed E-state index contributed by atoms with van der Waals surface area (Å²) in [5.74, 6) is 1.92. The first-order chi connectivity index (χ1) is 9.69. The number of hydrogen-bond acceptors (Lipinski definition) is 5. The first-order valence-electron chi connectivity index (χ1n) is 6.49. The van der Waals surface area contributed by atoms with Crippen LogP contribution >= 0.6 is 0 Å². The molecule has 1 aromatic carbocycles. The SMILES string of the molecule is COc1cc(OC)c(OC)cc1CC1NCCNC1=O. The molecule has 1 saturated heterocycles. The normalized spacial score (nSPS) is 18.4. The third-order valence-corrected chi connectivity index (χ3v) is 3.34. The molecule has 20 heavy (non-hydrogen) atoms. The Morgan fingerprint density at radius 1 is 1.05 bits per heavy atom. The molecule has 0 bridgehead atoms. The Labute approximate surface area is 118 Å². The summed E-state index contributed by atoms with van der Waals surface area (Å²) >= 11 is 0. The van der Waals surface area contributed by atoms with Crippen molar-refractivity contribution in [1.82, 2.24) is 10.6 Å². The highest BCUT2D eigenvalue weighted by Crippen LogP contribution is 2.35. The monoisotopic (exact) mass is 280 g/mol. The second-order valence-electron chi connectivity index (χ2n) is 4.52. The van der Waals surface area contributed by atoms with Crippen molar-refractivity contribution in [3.63, 3.8) is 0 Å². The van der Waals surface area contributed by atoms with E-state index in [-0.39, 0.29) is 11.9 Å². The predicted molar refractivity (Wildman–Crippen MR) is 74.6 cm³/mol. The Hall–Kier alpha value is -1.95. The molecule has 1 amide bonds. The van der Waals surface area contributed by atoms with Gasteiger partial charge < -0.3 is 24.8 Å². The summed E-state index contributed by atoms with van der Waals surface area (Å²) < 4.78 is 15.9. The number of hydrogen-bond donors (Lipinski definition) is 2. The lowest BCUT2D eigenvalue weighted by Crippen LogP contribution is -2.53. The molecule has 1 aliphatic rings. The van der Waals surface area contributed by atoms with Gasteiger partial charge in [0.25, 0.3) is 0 Å². The lowest BCUT2D eigenvalue weighted by molar-refractivity contribution is -0.124. The summed E-state index contributed by atoms with van der Waals surface area (Å²) in [6, 6.07) is 3.37. The molecule has 6 nitrogen and oxygen atoms in total. The van der Waals surface area contributed by atoms with Gasteiger partial charge in [-0.2, -0.15) is 0 Å². The number of carbonyl (C=O) groups excluding carboxylic acids is 1. The van der Waals surface area contributed by atoms with Gasteiger partial charge in [-0.1, -0.05) is 0 Å². The summed E-state index contributed by atoms with van der Waals surface area (Å²) in [7, 11) is 4.76. The molecule has 2 rings (SSSR count). The number of piperazine rings is 1. The van der Waals surface area contributed by atoms with Gasteiger partial charge in [-0.25, -0.2) is 0 Å². The summed E-state index contributed by atoms with van der Waals surface area (Å²) in [5.41, 5.74) is 0.903. The molecule has 1 aliphatic heterocycles. The van der Waals surface area contributed by atoms with Gasteiger partial charge in [0.05, 0.1) is 27.4 Å². The molecule has 0 aromatic heterocycles. The van der Waals surface area contributed by atoms with Crippen LogP contribution in [-0.2, 0) is 11.2 Å². The maximum absolute atomic E-state index is 11.8. The fourth-order valence-electron chi connectivity index (χ4n) is 2.28. The number of nitrogens with one attached hydrogen (secondary N) is 2. The van der Waals surface area contributed by atoms with E-state index in [4.69, 9.17) is 14.2 Å². The largest absolute Gasteiger partial charge is 0.496 e. The Bertz CT molecular complexity index is 490. The highest BCUT2D eigenvalue weighted by atomic mass is 16.5. The number of ether oxygens (including phenoxy) is 3. The van der Waals surface area contributed by atoms with Gasteiger partial charge >= 0.3 is 0 Å². The van der Waals surface area contributed by atoms with Crippen LogP contribution in [0.25, 0.3) is 0 Å². The highest BCUT2D eigenvalue weighted by Gasteiger charge is 2.24. The van der Waals surface area contributed by atoms with Gasteiger partial charge in [-0.05, 0) is 6.07 Å².